The number of anilines is 1. The normalized spacial score (nSPS) is 14.9. The van der Waals surface area contributed by atoms with E-state index in [4.69, 9.17) is 11.1 Å². The van der Waals surface area contributed by atoms with Crippen molar-refractivity contribution in [2.75, 3.05) is 25.4 Å². The average Bonchev–Trinajstić information content (AvgIpc) is 3.38. The first-order chi connectivity index (χ1) is 15.3. The van der Waals surface area contributed by atoms with Crippen molar-refractivity contribution in [1.82, 2.24) is 15.2 Å². The molecule has 1 saturated heterocycles. The van der Waals surface area contributed by atoms with E-state index in [2.05, 4.69) is 27.9 Å². The number of allylic oxidation sites excluding steroid dienone is 1. The van der Waals surface area contributed by atoms with Gasteiger partial charge in [-0.2, -0.15) is 0 Å². The largest absolute Gasteiger partial charge is 0.398 e. The van der Waals surface area contributed by atoms with Gasteiger partial charge in [0.1, 0.15) is 5.01 Å². The first-order valence-electron chi connectivity index (χ1n) is 11.2. The maximum absolute atomic E-state index is 9.34. The minimum absolute atomic E-state index is 0.177. The number of para-hydroxylation sites is 1. The average molecular weight is 458 g/mol. The van der Waals surface area contributed by atoms with Crippen molar-refractivity contribution >= 4 is 22.7 Å². The summed E-state index contributed by atoms with van der Waals surface area (Å²) in [4.78, 5) is 7.61. The van der Waals surface area contributed by atoms with Crippen molar-refractivity contribution in [3.8, 4) is 0 Å². The van der Waals surface area contributed by atoms with Crippen LogP contribution in [0.25, 0.3) is 0 Å². The van der Waals surface area contributed by atoms with Gasteiger partial charge in [-0.1, -0.05) is 50.8 Å². The third-order valence-electron chi connectivity index (χ3n) is 4.89. The van der Waals surface area contributed by atoms with Gasteiger partial charge in [-0.3, -0.25) is 5.41 Å². The Labute approximate surface area is 197 Å². The van der Waals surface area contributed by atoms with Gasteiger partial charge >= 0.3 is 0 Å². The number of β-amino-alcohol motifs (C(OH)–C–C–N with tert-alkyl or cyclic N) is 1. The lowest BCUT2D eigenvalue weighted by Gasteiger charge is -2.21. The first-order valence-corrected chi connectivity index (χ1v) is 12.0. The van der Waals surface area contributed by atoms with Crippen LogP contribution in [0.15, 0.2) is 48.8 Å². The van der Waals surface area contributed by atoms with E-state index in [1.807, 2.05) is 58.9 Å². The molecule has 1 aromatic heterocycles. The molecule has 176 valence electrons. The summed E-state index contributed by atoms with van der Waals surface area (Å²) in [5.74, 6) is 0.936. The van der Waals surface area contributed by atoms with Crippen LogP contribution in [0.3, 0.4) is 0 Å². The van der Waals surface area contributed by atoms with Gasteiger partial charge in [0.25, 0.3) is 0 Å². The second-order valence-corrected chi connectivity index (χ2v) is 8.45. The third kappa shape index (κ3) is 8.48. The highest BCUT2D eigenvalue weighted by Crippen LogP contribution is 2.22. The summed E-state index contributed by atoms with van der Waals surface area (Å²) in [5.41, 5.74) is 8.60. The molecule has 1 aliphatic heterocycles. The van der Waals surface area contributed by atoms with Gasteiger partial charge in [0.2, 0.25) is 0 Å². The number of hydrogen-bond donors (Lipinski definition) is 4. The number of likely N-dealkylation sites (tertiary alicyclic amines) is 1. The fourth-order valence-electron chi connectivity index (χ4n) is 2.98. The van der Waals surface area contributed by atoms with Gasteiger partial charge in [0, 0.05) is 35.8 Å². The number of nitrogens with one attached hydrogen (secondary N) is 2. The highest BCUT2D eigenvalue weighted by atomic mass is 32.1. The molecule has 0 saturated carbocycles. The van der Waals surface area contributed by atoms with Crippen molar-refractivity contribution in [1.29, 1.82) is 5.41 Å². The Hall–Kier alpha value is -2.64. The highest BCUT2D eigenvalue weighted by molar-refractivity contribution is 7.13. The summed E-state index contributed by atoms with van der Waals surface area (Å²) in [7, 11) is 0. The zero-order valence-corrected chi connectivity index (χ0v) is 20.9. The molecule has 5 N–H and O–H groups in total. The molecule has 1 atom stereocenters. The van der Waals surface area contributed by atoms with Crippen LogP contribution in [0.5, 0.6) is 0 Å². The highest BCUT2D eigenvalue weighted by Gasteiger charge is 2.20. The van der Waals surface area contributed by atoms with Crippen molar-refractivity contribution in [2.24, 2.45) is 0 Å². The molecule has 7 heteroatoms. The Balaban J connectivity index is 0.000000300. The molecule has 0 amide bonds. The minimum Gasteiger partial charge on any atom is -0.398 e. The Kier molecular flexibility index (Phi) is 12.4. The predicted octanol–water partition coefficient (Wildman–Crippen LogP) is 4.86. The van der Waals surface area contributed by atoms with Crippen LogP contribution >= 0.6 is 11.3 Å². The van der Waals surface area contributed by atoms with E-state index in [0.29, 0.717) is 11.4 Å². The lowest BCUT2D eigenvalue weighted by atomic mass is 10.1. The summed E-state index contributed by atoms with van der Waals surface area (Å²) in [6.45, 7) is 16.5. The van der Waals surface area contributed by atoms with Crippen molar-refractivity contribution < 1.29 is 5.11 Å². The standard InChI is InChI=1S/C12H13N3S.C11H20N2O.C2H6/c1-7-8(2)16-12(15-7)11(14)9-5-3-4-6-10(9)13;1-3-4-5-7-12-10(2)13-8-6-11(14)9-13;1-2/h3-6,14H,13H2,1-2H3;3-4,11-12,14H,2,5-9H2,1H3;1-2H3/b;4-3-;. The Bertz CT molecular complexity index is 871. The molecule has 1 aromatic carbocycles. The predicted molar refractivity (Wildman–Crippen MR) is 138 cm³/mol. The third-order valence-corrected chi connectivity index (χ3v) is 5.98. The molecular weight excluding hydrogens is 418 g/mol. The summed E-state index contributed by atoms with van der Waals surface area (Å²) < 4.78 is 0. The van der Waals surface area contributed by atoms with Crippen LogP contribution < -0.4 is 11.1 Å². The number of aromatic nitrogens is 1. The smallest absolute Gasteiger partial charge is 0.142 e. The van der Waals surface area contributed by atoms with Gasteiger partial charge in [-0.05, 0) is 39.7 Å². The molecule has 1 aliphatic rings. The molecule has 3 rings (SSSR count). The Morgan fingerprint density at radius 2 is 2.06 bits per heavy atom. The van der Waals surface area contributed by atoms with Crippen LogP contribution in [0.1, 0.15) is 54.8 Å². The molecule has 32 heavy (non-hydrogen) atoms. The number of hydrogen-bond acceptors (Lipinski definition) is 7. The van der Waals surface area contributed by atoms with Crippen LogP contribution in [0.4, 0.5) is 5.69 Å². The number of aryl methyl sites for hydroxylation is 2. The van der Waals surface area contributed by atoms with E-state index in [0.717, 1.165) is 59.4 Å². The van der Waals surface area contributed by atoms with E-state index < -0.39 is 0 Å². The van der Waals surface area contributed by atoms with E-state index in [9.17, 15) is 5.11 Å². The van der Waals surface area contributed by atoms with Crippen LogP contribution in [-0.4, -0.2) is 46.4 Å². The number of aliphatic hydroxyl groups excluding tert-OH is 1. The minimum atomic E-state index is -0.177. The number of nitrogens with two attached hydrogens (primary N) is 1. The van der Waals surface area contributed by atoms with Gasteiger partial charge in [-0.15, -0.1) is 11.3 Å². The van der Waals surface area contributed by atoms with Gasteiger partial charge in [0.15, 0.2) is 0 Å². The topological polar surface area (TPSA) is 98.3 Å². The molecule has 1 unspecified atom stereocenters. The molecule has 1 fully saturated rings. The molecule has 0 radical (unpaired) electrons. The molecule has 0 spiro atoms. The fraction of sp³-hybridized carbons (Fsp3) is 0.440. The first kappa shape index (κ1) is 27.4. The molecule has 0 bridgehead atoms. The number of benzene rings is 1. The van der Waals surface area contributed by atoms with E-state index in [-0.39, 0.29) is 6.10 Å². The van der Waals surface area contributed by atoms with E-state index in [1.54, 1.807) is 6.07 Å². The second kappa shape index (κ2) is 14.4. The van der Waals surface area contributed by atoms with Crippen LogP contribution in [0, 0.1) is 19.3 Å². The van der Waals surface area contributed by atoms with Crippen LogP contribution in [0.2, 0.25) is 0 Å². The molecule has 2 aromatic rings. The number of rotatable bonds is 7. The van der Waals surface area contributed by atoms with Crippen LogP contribution in [-0.2, 0) is 0 Å². The van der Waals surface area contributed by atoms with Gasteiger partial charge < -0.3 is 21.1 Å². The number of nitrogens with zero attached hydrogens (tertiary/aromatic N) is 2. The van der Waals surface area contributed by atoms with E-state index >= 15 is 0 Å². The number of aliphatic hydroxyl groups is 1. The number of thiazole rings is 1. The maximum Gasteiger partial charge on any atom is 0.142 e. The van der Waals surface area contributed by atoms with E-state index in [1.165, 1.54) is 11.3 Å². The van der Waals surface area contributed by atoms with Crippen molar-refractivity contribution in [3.05, 3.63) is 70.0 Å². The fourth-order valence-corrected chi connectivity index (χ4v) is 3.86. The summed E-state index contributed by atoms with van der Waals surface area (Å²) >= 11 is 1.53. The monoisotopic (exact) mass is 457 g/mol. The van der Waals surface area contributed by atoms with Gasteiger partial charge in [-0.25, -0.2) is 4.98 Å². The van der Waals surface area contributed by atoms with Crippen molar-refractivity contribution in [2.45, 2.75) is 53.6 Å². The molecule has 0 aliphatic carbocycles. The summed E-state index contributed by atoms with van der Waals surface area (Å²) in [5, 5.41) is 21.4. The van der Waals surface area contributed by atoms with Gasteiger partial charge in [0.05, 0.1) is 23.3 Å². The van der Waals surface area contributed by atoms with Crippen molar-refractivity contribution in [3.63, 3.8) is 0 Å². The zero-order chi connectivity index (χ0) is 24.1. The molecule has 2 heterocycles. The second-order valence-electron chi connectivity index (χ2n) is 7.24. The number of nitrogen functional groups attached to an aromatic ring is 1. The molecular formula is C25H39N5OS. The summed E-state index contributed by atoms with van der Waals surface area (Å²) in [6, 6.07) is 7.40. The molecule has 6 nitrogen and oxygen atoms in total. The Morgan fingerprint density at radius 1 is 1.38 bits per heavy atom. The lowest BCUT2D eigenvalue weighted by Crippen LogP contribution is -2.30. The summed E-state index contributed by atoms with van der Waals surface area (Å²) in [6.07, 6.45) is 5.87. The zero-order valence-electron chi connectivity index (χ0n) is 20.1. The maximum atomic E-state index is 9.34. The Morgan fingerprint density at radius 3 is 2.59 bits per heavy atom. The quantitative estimate of drug-likeness (QED) is 0.206. The SMILES string of the molecule is C=C(NCC/C=C\C)N1CCC(O)C1.CC.Cc1nc(C(=N)c2ccccc2N)sc1C. The lowest BCUT2D eigenvalue weighted by molar-refractivity contribution is 0.182.